The predicted octanol–water partition coefficient (Wildman–Crippen LogP) is -0.124. The summed E-state index contributed by atoms with van der Waals surface area (Å²) >= 11 is 4.82. The first kappa shape index (κ1) is 16.5. The Labute approximate surface area is 123 Å². The molecule has 1 amide bonds. The molecule has 1 aromatic rings. The van der Waals surface area contributed by atoms with Crippen molar-refractivity contribution in [3.05, 3.63) is 35.4 Å². The van der Waals surface area contributed by atoms with Crippen LogP contribution in [0.4, 0.5) is 0 Å². The van der Waals surface area contributed by atoms with Crippen molar-refractivity contribution >= 4 is 33.1 Å². The van der Waals surface area contributed by atoms with Crippen molar-refractivity contribution in [1.82, 2.24) is 10.0 Å². The van der Waals surface area contributed by atoms with Crippen LogP contribution in [0.2, 0.25) is 0 Å². The molecule has 0 aliphatic heterocycles. The zero-order valence-electron chi connectivity index (χ0n) is 11.0. The maximum atomic E-state index is 11.8. The van der Waals surface area contributed by atoms with Crippen molar-refractivity contribution in [2.45, 2.75) is 12.7 Å². The Morgan fingerprint density at radius 2 is 1.85 bits per heavy atom. The molecule has 1 rings (SSSR count). The normalized spacial score (nSPS) is 11.1. The molecule has 20 heavy (non-hydrogen) atoms. The largest absolute Gasteiger partial charge is 0.389 e. The summed E-state index contributed by atoms with van der Waals surface area (Å²) in [7, 11) is -3.43. The van der Waals surface area contributed by atoms with Gasteiger partial charge in [-0.25, -0.2) is 13.1 Å². The van der Waals surface area contributed by atoms with Crippen molar-refractivity contribution in [1.29, 1.82) is 0 Å². The van der Waals surface area contributed by atoms with E-state index in [1.165, 1.54) is 6.92 Å². The van der Waals surface area contributed by atoms with Gasteiger partial charge in [0.25, 0.3) is 0 Å². The molecule has 110 valence electrons. The van der Waals surface area contributed by atoms with Crippen LogP contribution in [0.25, 0.3) is 0 Å². The van der Waals surface area contributed by atoms with Gasteiger partial charge in [0, 0.05) is 25.6 Å². The maximum Gasteiger partial charge on any atom is 0.216 e. The van der Waals surface area contributed by atoms with E-state index < -0.39 is 10.0 Å². The molecule has 0 aromatic heterocycles. The summed E-state index contributed by atoms with van der Waals surface area (Å²) in [4.78, 5) is 10.9. The Balaban J connectivity index is 2.53. The SMILES string of the molecule is CC(=O)NCCNS(=O)(=O)Cc1ccc(C(N)=S)cc1. The van der Waals surface area contributed by atoms with E-state index >= 15 is 0 Å². The summed E-state index contributed by atoms with van der Waals surface area (Å²) in [5.41, 5.74) is 6.79. The van der Waals surface area contributed by atoms with Gasteiger partial charge < -0.3 is 11.1 Å². The van der Waals surface area contributed by atoms with Gasteiger partial charge in [0.05, 0.1) is 5.75 Å². The minimum atomic E-state index is -3.43. The number of hydrogen-bond acceptors (Lipinski definition) is 4. The zero-order chi connectivity index (χ0) is 15.2. The molecule has 0 spiro atoms. The molecule has 1 aromatic carbocycles. The average Bonchev–Trinajstić information content (AvgIpc) is 2.34. The summed E-state index contributed by atoms with van der Waals surface area (Å²) < 4.78 is 26.0. The summed E-state index contributed by atoms with van der Waals surface area (Å²) in [6.45, 7) is 1.79. The molecule has 6 nitrogen and oxygen atoms in total. The number of carbonyl (C=O) groups is 1. The van der Waals surface area contributed by atoms with Crippen LogP contribution in [0, 0.1) is 0 Å². The lowest BCUT2D eigenvalue weighted by molar-refractivity contribution is -0.118. The standard InChI is InChI=1S/C12H17N3O3S2/c1-9(16)14-6-7-15-20(17,18)8-10-2-4-11(5-3-10)12(13)19/h2-5,15H,6-8H2,1H3,(H2,13,19)(H,14,16). The molecule has 0 atom stereocenters. The second-order valence-electron chi connectivity index (χ2n) is 4.20. The second-order valence-corrected chi connectivity index (χ2v) is 6.44. The third-order valence-corrected chi connectivity index (χ3v) is 4.01. The molecule has 0 aliphatic rings. The average molecular weight is 315 g/mol. The zero-order valence-corrected chi connectivity index (χ0v) is 12.7. The van der Waals surface area contributed by atoms with Gasteiger partial charge in [0.1, 0.15) is 4.99 Å². The number of nitrogens with one attached hydrogen (secondary N) is 2. The van der Waals surface area contributed by atoms with Crippen LogP contribution in [-0.2, 0) is 20.6 Å². The number of hydrogen-bond donors (Lipinski definition) is 3. The van der Waals surface area contributed by atoms with E-state index in [4.69, 9.17) is 18.0 Å². The van der Waals surface area contributed by atoms with Gasteiger partial charge in [0.2, 0.25) is 15.9 Å². The van der Waals surface area contributed by atoms with Crippen LogP contribution in [0.3, 0.4) is 0 Å². The first-order valence-corrected chi connectivity index (χ1v) is 7.97. The lowest BCUT2D eigenvalue weighted by atomic mass is 10.1. The fourth-order valence-electron chi connectivity index (χ4n) is 1.48. The Morgan fingerprint density at radius 3 is 2.35 bits per heavy atom. The number of nitrogens with two attached hydrogens (primary N) is 1. The molecule has 0 heterocycles. The molecule has 0 fully saturated rings. The molecule has 8 heteroatoms. The molecule has 0 bridgehead atoms. The van der Waals surface area contributed by atoms with Crippen LogP contribution in [0.5, 0.6) is 0 Å². The molecule has 0 radical (unpaired) electrons. The van der Waals surface area contributed by atoms with E-state index in [1.807, 2.05) is 0 Å². The van der Waals surface area contributed by atoms with Crippen molar-refractivity contribution in [2.24, 2.45) is 5.73 Å². The minimum absolute atomic E-state index is 0.134. The van der Waals surface area contributed by atoms with Crippen LogP contribution < -0.4 is 15.8 Å². The lowest BCUT2D eigenvalue weighted by Gasteiger charge is -2.07. The molecule has 0 saturated carbocycles. The van der Waals surface area contributed by atoms with Gasteiger partial charge in [-0.2, -0.15) is 0 Å². The fourth-order valence-corrected chi connectivity index (χ4v) is 2.76. The number of sulfonamides is 1. The first-order valence-electron chi connectivity index (χ1n) is 5.91. The summed E-state index contributed by atoms with van der Waals surface area (Å²) in [6.07, 6.45) is 0. The molecule has 0 aliphatic carbocycles. The van der Waals surface area contributed by atoms with Gasteiger partial charge in [0.15, 0.2) is 0 Å². The van der Waals surface area contributed by atoms with Gasteiger partial charge in [-0.1, -0.05) is 36.5 Å². The van der Waals surface area contributed by atoms with E-state index in [0.29, 0.717) is 11.1 Å². The summed E-state index contributed by atoms with van der Waals surface area (Å²) in [5, 5.41) is 2.51. The number of rotatable bonds is 7. The Morgan fingerprint density at radius 1 is 1.25 bits per heavy atom. The van der Waals surface area contributed by atoms with Crippen molar-refractivity contribution < 1.29 is 13.2 Å². The maximum absolute atomic E-state index is 11.8. The first-order chi connectivity index (χ1) is 9.30. The van der Waals surface area contributed by atoms with Gasteiger partial charge in [-0.3, -0.25) is 4.79 Å². The minimum Gasteiger partial charge on any atom is -0.389 e. The fraction of sp³-hybridized carbons (Fsp3) is 0.333. The van der Waals surface area contributed by atoms with E-state index in [-0.39, 0.29) is 29.7 Å². The van der Waals surface area contributed by atoms with Crippen LogP contribution >= 0.6 is 12.2 Å². The predicted molar refractivity (Wildman–Crippen MR) is 81.6 cm³/mol. The summed E-state index contributed by atoms with van der Waals surface area (Å²) in [6, 6.07) is 6.71. The third kappa shape index (κ3) is 6.09. The monoisotopic (exact) mass is 315 g/mol. The molecular formula is C12H17N3O3S2. The van der Waals surface area contributed by atoms with Crippen LogP contribution in [0.15, 0.2) is 24.3 Å². The van der Waals surface area contributed by atoms with Crippen molar-refractivity contribution in [3.63, 3.8) is 0 Å². The highest BCUT2D eigenvalue weighted by Gasteiger charge is 2.11. The molecule has 0 unspecified atom stereocenters. The molecule has 0 saturated heterocycles. The Bertz CT molecular complexity index is 582. The Hall–Kier alpha value is -1.51. The number of thiocarbonyl (C=S) groups is 1. The van der Waals surface area contributed by atoms with E-state index in [9.17, 15) is 13.2 Å². The molecule has 4 N–H and O–H groups in total. The van der Waals surface area contributed by atoms with Gasteiger partial charge >= 0.3 is 0 Å². The number of benzene rings is 1. The van der Waals surface area contributed by atoms with E-state index in [1.54, 1.807) is 24.3 Å². The summed E-state index contributed by atoms with van der Waals surface area (Å²) in [5.74, 6) is -0.331. The smallest absolute Gasteiger partial charge is 0.216 e. The Kier molecular flexibility index (Phi) is 6.05. The second kappa shape index (κ2) is 7.32. The van der Waals surface area contributed by atoms with E-state index in [0.717, 1.165) is 0 Å². The van der Waals surface area contributed by atoms with Gasteiger partial charge in [-0.05, 0) is 5.56 Å². The van der Waals surface area contributed by atoms with Crippen LogP contribution in [-0.4, -0.2) is 32.4 Å². The molecular weight excluding hydrogens is 298 g/mol. The highest BCUT2D eigenvalue weighted by atomic mass is 32.2. The lowest BCUT2D eigenvalue weighted by Crippen LogP contribution is -2.34. The topological polar surface area (TPSA) is 101 Å². The highest BCUT2D eigenvalue weighted by molar-refractivity contribution is 7.88. The van der Waals surface area contributed by atoms with Gasteiger partial charge in [-0.15, -0.1) is 0 Å². The van der Waals surface area contributed by atoms with Crippen molar-refractivity contribution in [3.8, 4) is 0 Å². The number of amides is 1. The number of carbonyl (C=O) groups excluding carboxylic acids is 1. The van der Waals surface area contributed by atoms with Crippen LogP contribution in [0.1, 0.15) is 18.1 Å². The quantitative estimate of drug-likeness (QED) is 0.481. The van der Waals surface area contributed by atoms with Crippen molar-refractivity contribution in [2.75, 3.05) is 13.1 Å². The highest BCUT2D eigenvalue weighted by Crippen LogP contribution is 2.07. The van der Waals surface area contributed by atoms with E-state index in [2.05, 4.69) is 10.0 Å². The third-order valence-electron chi connectivity index (χ3n) is 2.42.